The molecule has 2 unspecified atom stereocenters. The monoisotopic (exact) mass is 312 g/mol. The van der Waals surface area contributed by atoms with E-state index in [0.717, 1.165) is 36.9 Å². The van der Waals surface area contributed by atoms with Gasteiger partial charge in [-0.1, -0.05) is 24.3 Å². The maximum atomic E-state index is 12.2. The average Bonchev–Trinajstić information content (AvgIpc) is 2.87. The molecular formula is C15H24N2O3S. The van der Waals surface area contributed by atoms with E-state index in [4.69, 9.17) is 4.74 Å². The summed E-state index contributed by atoms with van der Waals surface area (Å²) in [5.41, 5.74) is 1.94. The van der Waals surface area contributed by atoms with E-state index in [1.165, 1.54) is 0 Å². The zero-order chi connectivity index (χ0) is 15.3. The number of nitrogens with one attached hydrogen (secondary N) is 2. The van der Waals surface area contributed by atoms with Crippen molar-refractivity contribution in [3.8, 4) is 0 Å². The fourth-order valence-corrected chi connectivity index (χ4v) is 4.24. The van der Waals surface area contributed by atoms with Crippen LogP contribution in [0.1, 0.15) is 30.4 Å². The first kappa shape index (κ1) is 16.4. The molecule has 1 aromatic rings. The van der Waals surface area contributed by atoms with Crippen LogP contribution in [0.5, 0.6) is 0 Å². The highest BCUT2D eigenvalue weighted by Gasteiger charge is 2.30. The largest absolute Gasteiger partial charge is 0.380 e. The third-order valence-corrected chi connectivity index (χ3v) is 5.22. The quantitative estimate of drug-likeness (QED) is 0.798. The Morgan fingerprint density at radius 2 is 1.86 bits per heavy atom. The molecule has 2 rings (SSSR count). The van der Waals surface area contributed by atoms with Crippen LogP contribution in [0.4, 0.5) is 0 Å². The highest BCUT2D eigenvalue weighted by Crippen LogP contribution is 2.22. The van der Waals surface area contributed by atoms with Gasteiger partial charge in [0.1, 0.15) is 0 Å². The van der Waals surface area contributed by atoms with Crippen molar-refractivity contribution in [3.63, 3.8) is 0 Å². The molecular weight excluding hydrogens is 288 g/mol. The minimum absolute atomic E-state index is 0.00206. The van der Waals surface area contributed by atoms with Crippen molar-refractivity contribution >= 4 is 10.0 Å². The molecule has 0 aliphatic heterocycles. The highest BCUT2D eigenvalue weighted by molar-refractivity contribution is 7.88. The van der Waals surface area contributed by atoms with Crippen molar-refractivity contribution in [2.75, 3.05) is 14.2 Å². The smallest absolute Gasteiger partial charge is 0.216 e. The van der Waals surface area contributed by atoms with Gasteiger partial charge in [0.05, 0.1) is 11.9 Å². The van der Waals surface area contributed by atoms with Crippen molar-refractivity contribution < 1.29 is 13.2 Å². The molecule has 5 nitrogen and oxygen atoms in total. The molecule has 1 aliphatic carbocycles. The second-order valence-corrected chi connectivity index (χ2v) is 7.29. The predicted molar refractivity (Wildman–Crippen MR) is 83.4 cm³/mol. The standard InChI is InChI=1S/C15H24N2O3S/c1-16-10-12-6-8-13(9-7-12)11-21(18,19)17-14-4-3-5-15(14)20-2/h6-9,14-17H,3-5,10-11H2,1-2H3. The van der Waals surface area contributed by atoms with Gasteiger partial charge in [0, 0.05) is 19.7 Å². The Hall–Kier alpha value is -0.950. The Kier molecular flexibility index (Phi) is 5.75. The van der Waals surface area contributed by atoms with Gasteiger partial charge in [-0.2, -0.15) is 0 Å². The van der Waals surface area contributed by atoms with E-state index in [1.807, 2.05) is 31.3 Å². The average molecular weight is 312 g/mol. The number of methoxy groups -OCH3 is 1. The van der Waals surface area contributed by atoms with Crippen LogP contribution in [0.25, 0.3) is 0 Å². The molecule has 118 valence electrons. The van der Waals surface area contributed by atoms with Gasteiger partial charge in [-0.05, 0) is 37.4 Å². The topological polar surface area (TPSA) is 67.4 Å². The molecule has 21 heavy (non-hydrogen) atoms. The van der Waals surface area contributed by atoms with Crippen molar-refractivity contribution in [2.45, 2.75) is 43.7 Å². The first-order valence-electron chi connectivity index (χ1n) is 7.29. The van der Waals surface area contributed by atoms with Crippen LogP contribution in [-0.4, -0.2) is 34.7 Å². The summed E-state index contributed by atoms with van der Waals surface area (Å²) in [7, 11) is 0.190. The lowest BCUT2D eigenvalue weighted by molar-refractivity contribution is 0.0916. The summed E-state index contributed by atoms with van der Waals surface area (Å²) < 4.78 is 32.6. The second-order valence-electron chi connectivity index (χ2n) is 5.54. The van der Waals surface area contributed by atoms with E-state index in [0.29, 0.717) is 0 Å². The Morgan fingerprint density at radius 1 is 1.19 bits per heavy atom. The molecule has 1 fully saturated rings. The highest BCUT2D eigenvalue weighted by atomic mass is 32.2. The zero-order valence-corrected chi connectivity index (χ0v) is 13.4. The van der Waals surface area contributed by atoms with Crippen molar-refractivity contribution in [1.29, 1.82) is 0 Å². The number of rotatable bonds is 7. The molecule has 0 spiro atoms. The fourth-order valence-electron chi connectivity index (χ4n) is 2.79. The number of hydrogen-bond donors (Lipinski definition) is 2. The number of sulfonamides is 1. The van der Waals surface area contributed by atoms with Crippen LogP contribution in [0.3, 0.4) is 0 Å². The summed E-state index contributed by atoms with van der Waals surface area (Å²) in [5, 5.41) is 3.07. The molecule has 1 aromatic carbocycles. The second kappa shape index (κ2) is 7.35. The van der Waals surface area contributed by atoms with Crippen LogP contribution in [0.2, 0.25) is 0 Å². The Morgan fingerprint density at radius 3 is 2.48 bits per heavy atom. The fraction of sp³-hybridized carbons (Fsp3) is 0.600. The number of ether oxygens (including phenoxy) is 1. The zero-order valence-electron chi connectivity index (χ0n) is 12.6. The van der Waals surface area contributed by atoms with Crippen molar-refractivity contribution in [3.05, 3.63) is 35.4 Å². The van der Waals surface area contributed by atoms with Crippen LogP contribution in [-0.2, 0) is 27.1 Å². The SMILES string of the molecule is CNCc1ccc(CS(=O)(=O)NC2CCCC2OC)cc1. The van der Waals surface area contributed by atoms with Crippen LogP contribution in [0, 0.1) is 0 Å². The van der Waals surface area contributed by atoms with Crippen LogP contribution >= 0.6 is 0 Å². The Labute approximate surface area is 127 Å². The summed E-state index contributed by atoms with van der Waals surface area (Å²) in [6.07, 6.45) is 2.77. The maximum absolute atomic E-state index is 12.2. The third-order valence-electron chi connectivity index (χ3n) is 3.85. The van der Waals surface area contributed by atoms with Gasteiger partial charge in [-0.3, -0.25) is 0 Å². The predicted octanol–water partition coefficient (Wildman–Crippen LogP) is 1.39. The summed E-state index contributed by atoms with van der Waals surface area (Å²) in [6.45, 7) is 0.781. The summed E-state index contributed by atoms with van der Waals surface area (Å²) in [5.74, 6) is 0.0137. The number of benzene rings is 1. The lowest BCUT2D eigenvalue weighted by Crippen LogP contribution is -2.41. The first-order chi connectivity index (χ1) is 10.0. The van der Waals surface area contributed by atoms with E-state index < -0.39 is 10.0 Å². The molecule has 0 radical (unpaired) electrons. The van der Waals surface area contributed by atoms with Gasteiger partial charge < -0.3 is 10.1 Å². The van der Waals surface area contributed by atoms with Gasteiger partial charge in [0.25, 0.3) is 0 Å². The van der Waals surface area contributed by atoms with E-state index in [1.54, 1.807) is 7.11 Å². The van der Waals surface area contributed by atoms with Crippen molar-refractivity contribution in [1.82, 2.24) is 10.0 Å². The third kappa shape index (κ3) is 4.78. The molecule has 2 N–H and O–H groups in total. The van der Waals surface area contributed by atoms with E-state index in [2.05, 4.69) is 10.0 Å². The lowest BCUT2D eigenvalue weighted by Gasteiger charge is -2.19. The summed E-state index contributed by atoms with van der Waals surface area (Å²) in [6, 6.07) is 7.55. The van der Waals surface area contributed by atoms with Gasteiger partial charge in [0.2, 0.25) is 10.0 Å². The molecule has 1 aliphatic rings. The Balaban J connectivity index is 1.97. The molecule has 0 amide bonds. The van der Waals surface area contributed by atoms with Gasteiger partial charge in [-0.15, -0.1) is 0 Å². The van der Waals surface area contributed by atoms with E-state index in [9.17, 15) is 8.42 Å². The van der Waals surface area contributed by atoms with Crippen LogP contribution < -0.4 is 10.0 Å². The molecule has 1 saturated carbocycles. The number of hydrogen-bond acceptors (Lipinski definition) is 4. The normalized spacial score (nSPS) is 22.6. The minimum Gasteiger partial charge on any atom is -0.380 e. The van der Waals surface area contributed by atoms with E-state index >= 15 is 0 Å². The van der Waals surface area contributed by atoms with Crippen molar-refractivity contribution in [2.24, 2.45) is 0 Å². The lowest BCUT2D eigenvalue weighted by atomic mass is 10.1. The molecule has 0 aromatic heterocycles. The molecule has 2 atom stereocenters. The van der Waals surface area contributed by atoms with Gasteiger partial charge in [-0.25, -0.2) is 13.1 Å². The molecule has 0 heterocycles. The maximum Gasteiger partial charge on any atom is 0.216 e. The summed E-state index contributed by atoms with van der Waals surface area (Å²) in [4.78, 5) is 0. The van der Waals surface area contributed by atoms with Crippen LogP contribution in [0.15, 0.2) is 24.3 Å². The molecule has 0 bridgehead atoms. The molecule has 6 heteroatoms. The molecule has 0 saturated heterocycles. The summed E-state index contributed by atoms with van der Waals surface area (Å²) >= 11 is 0. The minimum atomic E-state index is -3.33. The first-order valence-corrected chi connectivity index (χ1v) is 8.94. The van der Waals surface area contributed by atoms with E-state index in [-0.39, 0.29) is 17.9 Å². The van der Waals surface area contributed by atoms with Gasteiger partial charge >= 0.3 is 0 Å². The van der Waals surface area contributed by atoms with Gasteiger partial charge in [0.15, 0.2) is 0 Å². The Bertz CT molecular complexity index is 543.